The molecule has 0 aromatic heterocycles. The number of unbranched alkanes of at least 4 members (excludes halogenated alkanes) is 13. The number of hydrogen-bond donors (Lipinski definition) is 0. The van der Waals surface area contributed by atoms with E-state index in [0.717, 1.165) is 43.0 Å². The number of allylic oxidation sites excluding steroid dienone is 1. The number of rotatable bonds is 21. The van der Waals surface area contributed by atoms with Gasteiger partial charge in [0.05, 0.1) is 13.2 Å². The molecule has 0 saturated carbocycles. The lowest BCUT2D eigenvalue weighted by Crippen LogP contribution is -2.29. The monoisotopic (exact) mass is 586 g/mol. The average Bonchev–Trinajstić information content (AvgIpc) is 2.99. The number of benzene rings is 2. The molecule has 1 heterocycles. The van der Waals surface area contributed by atoms with E-state index in [9.17, 15) is 4.79 Å². The van der Waals surface area contributed by atoms with Gasteiger partial charge in [-0.2, -0.15) is 0 Å². The van der Waals surface area contributed by atoms with Crippen molar-refractivity contribution in [1.29, 1.82) is 0 Å². The highest BCUT2D eigenvalue weighted by atomic mass is 16.5. The standard InChI is InChI=1S/C39H58N2O2/c1-5-6-7-8-9-10-11-12-13-14-15-16-17-18-27-43-38-24-20-22-36(29-38)31-41(34(3)42)37-23-19-21-35(28-37)30-39(4)32-40-26-25-33(39)2/h19-26,28-29H,5-18,27,30-32H2,1-4H3. The van der Waals surface area contributed by atoms with Gasteiger partial charge in [-0.15, -0.1) is 0 Å². The SMILES string of the molecule is CCCCCCCCCCCCCCCCOc1cccc(CN(C(C)=O)c2cccc(CC3(C)CN=CC=C3C)c2)c1. The van der Waals surface area contributed by atoms with Crippen LogP contribution in [0.3, 0.4) is 0 Å². The van der Waals surface area contributed by atoms with Crippen LogP contribution in [0.25, 0.3) is 0 Å². The molecule has 2 aromatic rings. The van der Waals surface area contributed by atoms with Crippen LogP contribution < -0.4 is 9.64 Å². The van der Waals surface area contributed by atoms with Crippen LogP contribution >= 0.6 is 0 Å². The maximum absolute atomic E-state index is 12.7. The van der Waals surface area contributed by atoms with E-state index in [4.69, 9.17) is 4.74 Å². The molecule has 0 fully saturated rings. The predicted molar refractivity (Wildman–Crippen MR) is 184 cm³/mol. The third-order valence-electron chi connectivity index (χ3n) is 9.02. The van der Waals surface area contributed by atoms with E-state index in [2.05, 4.69) is 62.2 Å². The number of carbonyl (C=O) groups excluding carboxylic acids is 1. The van der Waals surface area contributed by atoms with Crippen LogP contribution in [-0.4, -0.2) is 25.3 Å². The van der Waals surface area contributed by atoms with Crippen LogP contribution in [-0.2, 0) is 17.8 Å². The van der Waals surface area contributed by atoms with Crippen molar-refractivity contribution in [3.63, 3.8) is 0 Å². The molecule has 1 atom stereocenters. The summed E-state index contributed by atoms with van der Waals surface area (Å²) < 4.78 is 6.11. The Kier molecular flexibility index (Phi) is 15.6. The van der Waals surface area contributed by atoms with Gasteiger partial charge >= 0.3 is 0 Å². The predicted octanol–water partition coefficient (Wildman–Crippen LogP) is 10.7. The van der Waals surface area contributed by atoms with E-state index >= 15 is 0 Å². The Labute approximate surface area is 263 Å². The molecule has 4 heteroatoms. The van der Waals surface area contributed by atoms with Gasteiger partial charge in [-0.3, -0.25) is 9.79 Å². The van der Waals surface area contributed by atoms with Gasteiger partial charge in [0, 0.05) is 30.8 Å². The summed E-state index contributed by atoms with van der Waals surface area (Å²) in [6, 6.07) is 16.6. The van der Waals surface area contributed by atoms with Gasteiger partial charge in [0.15, 0.2) is 0 Å². The Hall–Kier alpha value is -2.88. The van der Waals surface area contributed by atoms with Crippen LogP contribution in [0.5, 0.6) is 5.75 Å². The van der Waals surface area contributed by atoms with Crippen molar-refractivity contribution in [2.24, 2.45) is 10.4 Å². The molecule has 43 heavy (non-hydrogen) atoms. The number of nitrogens with zero attached hydrogens (tertiary/aromatic N) is 2. The molecule has 1 unspecified atom stereocenters. The molecule has 0 radical (unpaired) electrons. The fourth-order valence-electron chi connectivity index (χ4n) is 6.01. The summed E-state index contributed by atoms with van der Waals surface area (Å²) in [5, 5.41) is 0. The number of anilines is 1. The molecule has 3 rings (SSSR count). The zero-order valence-electron chi connectivity index (χ0n) is 27.7. The molecule has 0 N–H and O–H groups in total. The average molecular weight is 587 g/mol. The van der Waals surface area contributed by atoms with E-state index < -0.39 is 0 Å². The number of dihydropyridines is 1. The highest BCUT2D eigenvalue weighted by molar-refractivity contribution is 5.91. The van der Waals surface area contributed by atoms with Gasteiger partial charge < -0.3 is 9.64 Å². The molecule has 4 nitrogen and oxygen atoms in total. The lowest BCUT2D eigenvalue weighted by molar-refractivity contribution is -0.116. The molecular weight excluding hydrogens is 528 g/mol. The summed E-state index contributed by atoms with van der Waals surface area (Å²) >= 11 is 0. The zero-order valence-corrected chi connectivity index (χ0v) is 27.7. The van der Waals surface area contributed by atoms with Gasteiger partial charge in [-0.05, 0) is 61.2 Å². The lowest BCUT2D eigenvalue weighted by atomic mass is 9.76. The topological polar surface area (TPSA) is 41.9 Å². The molecule has 236 valence electrons. The van der Waals surface area contributed by atoms with Crippen molar-refractivity contribution in [1.82, 2.24) is 0 Å². The zero-order chi connectivity index (χ0) is 30.8. The Balaban J connectivity index is 1.37. The van der Waals surface area contributed by atoms with E-state index in [1.807, 2.05) is 29.3 Å². The van der Waals surface area contributed by atoms with Crippen molar-refractivity contribution in [3.8, 4) is 5.75 Å². The second-order valence-electron chi connectivity index (χ2n) is 12.9. The van der Waals surface area contributed by atoms with E-state index in [0.29, 0.717) is 6.54 Å². The summed E-state index contributed by atoms with van der Waals surface area (Å²) in [5.74, 6) is 0.924. The maximum atomic E-state index is 12.7. The highest BCUT2D eigenvalue weighted by Crippen LogP contribution is 2.34. The maximum Gasteiger partial charge on any atom is 0.224 e. The van der Waals surface area contributed by atoms with Crippen LogP contribution in [0.4, 0.5) is 5.69 Å². The van der Waals surface area contributed by atoms with Crippen molar-refractivity contribution < 1.29 is 9.53 Å². The summed E-state index contributed by atoms with van der Waals surface area (Å²) in [5.41, 5.74) is 4.59. The molecule has 0 spiro atoms. The molecule has 0 aliphatic carbocycles. The van der Waals surface area contributed by atoms with Crippen LogP contribution in [0.1, 0.15) is 129 Å². The van der Waals surface area contributed by atoms with E-state index in [1.165, 1.54) is 94.6 Å². The number of carbonyl (C=O) groups is 1. The van der Waals surface area contributed by atoms with E-state index in [1.54, 1.807) is 6.92 Å². The molecular formula is C39H58N2O2. The van der Waals surface area contributed by atoms with Crippen molar-refractivity contribution in [2.75, 3.05) is 18.1 Å². The first kappa shape index (κ1) is 34.6. The number of amides is 1. The summed E-state index contributed by atoms with van der Waals surface area (Å²) in [6.45, 7) is 10.5. The normalized spacial score (nSPS) is 16.2. The smallest absolute Gasteiger partial charge is 0.224 e. The minimum absolute atomic E-state index is 0.00699. The summed E-state index contributed by atoms with van der Waals surface area (Å²) in [7, 11) is 0. The summed E-state index contributed by atoms with van der Waals surface area (Å²) in [6.07, 6.45) is 23.9. The number of hydrogen-bond acceptors (Lipinski definition) is 3. The van der Waals surface area contributed by atoms with Gasteiger partial charge in [-0.25, -0.2) is 0 Å². The molecule has 1 aliphatic rings. The fraction of sp³-hybridized carbons (Fsp3) is 0.590. The molecule has 0 bridgehead atoms. The van der Waals surface area contributed by atoms with Crippen LogP contribution in [0.2, 0.25) is 0 Å². The third-order valence-corrected chi connectivity index (χ3v) is 9.02. The molecule has 1 aliphatic heterocycles. The molecule has 2 aromatic carbocycles. The third kappa shape index (κ3) is 12.7. The first-order valence-electron chi connectivity index (χ1n) is 17.2. The highest BCUT2D eigenvalue weighted by Gasteiger charge is 2.28. The first-order valence-corrected chi connectivity index (χ1v) is 17.2. The Morgan fingerprint density at radius 1 is 0.837 bits per heavy atom. The minimum Gasteiger partial charge on any atom is -0.494 e. The molecule has 1 amide bonds. The van der Waals surface area contributed by atoms with Crippen LogP contribution in [0, 0.1) is 5.41 Å². The van der Waals surface area contributed by atoms with Gasteiger partial charge in [0.2, 0.25) is 5.91 Å². The largest absolute Gasteiger partial charge is 0.494 e. The molecule has 0 saturated heterocycles. The van der Waals surface area contributed by atoms with Crippen molar-refractivity contribution in [3.05, 3.63) is 71.3 Å². The van der Waals surface area contributed by atoms with Crippen molar-refractivity contribution >= 4 is 17.8 Å². The van der Waals surface area contributed by atoms with E-state index in [-0.39, 0.29) is 11.3 Å². The lowest BCUT2D eigenvalue weighted by Gasteiger charge is -2.31. The van der Waals surface area contributed by atoms with Crippen LogP contribution in [0.15, 0.2) is 65.2 Å². The van der Waals surface area contributed by atoms with Gasteiger partial charge in [0.1, 0.15) is 5.75 Å². The van der Waals surface area contributed by atoms with Crippen molar-refractivity contribution in [2.45, 2.75) is 131 Å². The Morgan fingerprint density at radius 2 is 1.44 bits per heavy atom. The second-order valence-corrected chi connectivity index (χ2v) is 12.9. The Morgan fingerprint density at radius 3 is 2.07 bits per heavy atom. The minimum atomic E-state index is 0.00699. The first-order chi connectivity index (χ1) is 20.9. The van der Waals surface area contributed by atoms with Gasteiger partial charge in [0.25, 0.3) is 0 Å². The number of aliphatic imine (C=N–C) groups is 1. The van der Waals surface area contributed by atoms with Gasteiger partial charge in [-0.1, -0.05) is 127 Å². The fourth-order valence-corrected chi connectivity index (χ4v) is 6.01. The quantitative estimate of drug-likeness (QED) is 0.137. The Bertz CT molecular complexity index is 1150. The number of ether oxygens (including phenoxy) is 1. The summed E-state index contributed by atoms with van der Waals surface area (Å²) in [4.78, 5) is 19.1. The second kappa shape index (κ2) is 19.4.